The number of hydrogen-bond acceptors (Lipinski definition) is 7. The molecule has 0 fully saturated rings. The second kappa shape index (κ2) is 9.76. The minimum atomic E-state index is -0.591. The van der Waals surface area contributed by atoms with Crippen molar-refractivity contribution in [3.05, 3.63) is 24.3 Å². The van der Waals surface area contributed by atoms with E-state index in [0.29, 0.717) is 11.7 Å². The van der Waals surface area contributed by atoms with Crippen molar-refractivity contribution in [2.75, 3.05) is 19.4 Å². The smallest absolute Gasteiger partial charge is 0.242 e. The Kier molecular flexibility index (Phi) is 7.39. The summed E-state index contributed by atoms with van der Waals surface area (Å²) < 4.78 is 6.66. The van der Waals surface area contributed by atoms with Crippen LogP contribution < -0.4 is 15.4 Å². The van der Waals surface area contributed by atoms with Crippen molar-refractivity contribution in [2.24, 2.45) is 0 Å². The predicted octanol–water partition coefficient (Wildman–Crippen LogP) is 0.794. The fourth-order valence-corrected chi connectivity index (χ4v) is 2.74. The maximum Gasteiger partial charge on any atom is 0.242 e. The van der Waals surface area contributed by atoms with Gasteiger partial charge in [0.1, 0.15) is 11.8 Å². The van der Waals surface area contributed by atoms with Crippen molar-refractivity contribution in [2.45, 2.75) is 31.5 Å². The first-order chi connectivity index (χ1) is 12.5. The average Bonchev–Trinajstić information content (AvgIpc) is 3.13. The summed E-state index contributed by atoms with van der Waals surface area (Å²) in [7, 11) is 1.59. The highest BCUT2D eigenvalue weighted by atomic mass is 32.2. The minimum absolute atomic E-state index is 0.0991. The number of thioether (sulfide) groups is 1. The summed E-state index contributed by atoms with van der Waals surface area (Å²) in [5.41, 5.74) is 0.756. The molecule has 1 atom stereocenters. The molecule has 1 aromatic heterocycles. The lowest BCUT2D eigenvalue weighted by atomic mass is 10.3. The highest BCUT2D eigenvalue weighted by Gasteiger charge is 2.16. The topological polar surface area (TPSA) is 111 Å². The van der Waals surface area contributed by atoms with E-state index in [1.165, 1.54) is 16.4 Å². The van der Waals surface area contributed by atoms with Gasteiger partial charge < -0.3 is 15.4 Å². The van der Waals surface area contributed by atoms with E-state index in [-0.39, 0.29) is 17.6 Å². The minimum Gasteiger partial charge on any atom is -0.497 e. The SMILES string of the molecule is CCCNC(=O)[C@@H](C)NC(=O)CSc1nnnn1-c1ccc(OC)cc1. The molecule has 1 heterocycles. The lowest BCUT2D eigenvalue weighted by molar-refractivity contribution is -0.127. The van der Waals surface area contributed by atoms with Crippen LogP contribution in [0.15, 0.2) is 29.4 Å². The Labute approximate surface area is 155 Å². The first kappa shape index (κ1) is 19.7. The Morgan fingerprint density at radius 2 is 2.04 bits per heavy atom. The Bertz CT molecular complexity index is 734. The molecule has 2 aromatic rings. The molecule has 1 aromatic carbocycles. The lowest BCUT2D eigenvalue weighted by Crippen LogP contribution is -2.45. The molecular formula is C16H22N6O3S. The molecule has 26 heavy (non-hydrogen) atoms. The highest BCUT2D eigenvalue weighted by Crippen LogP contribution is 2.20. The largest absolute Gasteiger partial charge is 0.497 e. The normalized spacial score (nSPS) is 11.7. The number of carbonyl (C=O) groups is 2. The molecule has 2 rings (SSSR count). The summed E-state index contributed by atoms with van der Waals surface area (Å²) in [6.45, 7) is 4.20. The van der Waals surface area contributed by atoms with Gasteiger partial charge in [-0.15, -0.1) is 5.10 Å². The van der Waals surface area contributed by atoms with Gasteiger partial charge in [-0.25, -0.2) is 0 Å². The molecule has 2 N–H and O–H groups in total. The Balaban J connectivity index is 1.90. The molecule has 0 aliphatic carbocycles. The quantitative estimate of drug-likeness (QED) is 0.621. The van der Waals surface area contributed by atoms with E-state index in [2.05, 4.69) is 26.2 Å². The molecule has 0 aliphatic heterocycles. The second-order valence-corrected chi connectivity index (χ2v) is 6.38. The Morgan fingerprint density at radius 3 is 2.69 bits per heavy atom. The summed E-state index contributed by atoms with van der Waals surface area (Å²) in [5, 5.41) is 17.4. The lowest BCUT2D eigenvalue weighted by Gasteiger charge is -2.13. The van der Waals surface area contributed by atoms with E-state index in [0.717, 1.165) is 17.9 Å². The van der Waals surface area contributed by atoms with E-state index in [9.17, 15) is 9.59 Å². The molecule has 10 heteroatoms. The van der Waals surface area contributed by atoms with Crippen molar-refractivity contribution in [1.82, 2.24) is 30.8 Å². The van der Waals surface area contributed by atoms with Gasteiger partial charge in [0.2, 0.25) is 17.0 Å². The highest BCUT2D eigenvalue weighted by molar-refractivity contribution is 7.99. The molecule has 2 amide bonds. The van der Waals surface area contributed by atoms with Crippen LogP contribution in [0.3, 0.4) is 0 Å². The van der Waals surface area contributed by atoms with Crippen molar-refractivity contribution < 1.29 is 14.3 Å². The van der Waals surface area contributed by atoms with Crippen LogP contribution in [-0.4, -0.2) is 57.5 Å². The summed E-state index contributed by atoms with van der Waals surface area (Å²) in [4.78, 5) is 23.8. The van der Waals surface area contributed by atoms with Crippen LogP contribution in [0.5, 0.6) is 5.75 Å². The zero-order chi connectivity index (χ0) is 18.9. The maximum atomic E-state index is 12.1. The van der Waals surface area contributed by atoms with Gasteiger partial charge in [0.15, 0.2) is 0 Å². The number of carbonyl (C=O) groups excluding carboxylic acids is 2. The van der Waals surface area contributed by atoms with Gasteiger partial charge >= 0.3 is 0 Å². The zero-order valence-corrected chi connectivity index (χ0v) is 15.7. The number of aromatic nitrogens is 4. The Morgan fingerprint density at radius 1 is 1.31 bits per heavy atom. The molecule has 140 valence electrons. The Hall–Kier alpha value is -2.62. The molecule has 0 unspecified atom stereocenters. The van der Waals surface area contributed by atoms with Crippen LogP contribution in [-0.2, 0) is 9.59 Å². The number of amides is 2. The van der Waals surface area contributed by atoms with E-state index in [4.69, 9.17) is 4.74 Å². The number of nitrogens with one attached hydrogen (secondary N) is 2. The number of hydrogen-bond donors (Lipinski definition) is 2. The van der Waals surface area contributed by atoms with Crippen LogP contribution in [0.1, 0.15) is 20.3 Å². The second-order valence-electron chi connectivity index (χ2n) is 5.44. The molecule has 0 saturated carbocycles. The van der Waals surface area contributed by atoms with E-state index >= 15 is 0 Å². The van der Waals surface area contributed by atoms with E-state index in [1.54, 1.807) is 26.2 Å². The van der Waals surface area contributed by atoms with Crippen LogP contribution in [0.2, 0.25) is 0 Å². The van der Waals surface area contributed by atoms with E-state index in [1.807, 2.05) is 19.1 Å². The molecule has 0 saturated heterocycles. The molecule has 0 radical (unpaired) electrons. The summed E-state index contributed by atoms with van der Waals surface area (Å²) >= 11 is 1.19. The summed E-state index contributed by atoms with van der Waals surface area (Å²) in [6, 6.07) is 6.65. The standard InChI is InChI=1S/C16H22N6O3S/c1-4-9-17-15(24)11(2)18-14(23)10-26-16-19-20-21-22(16)12-5-7-13(25-3)8-6-12/h5-8,11H,4,9-10H2,1-3H3,(H,17,24)(H,18,23)/t11-/m1/s1. The first-order valence-corrected chi connectivity index (χ1v) is 9.16. The van der Waals surface area contributed by atoms with Gasteiger partial charge in [-0.1, -0.05) is 18.7 Å². The third-order valence-electron chi connectivity index (χ3n) is 3.41. The molecular weight excluding hydrogens is 356 g/mol. The number of tetrazole rings is 1. The third-order valence-corrected chi connectivity index (χ3v) is 4.33. The summed E-state index contributed by atoms with van der Waals surface area (Å²) in [6.07, 6.45) is 0.844. The number of ether oxygens (including phenoxy) is 1. The van der Waals surface area contributed by atoms with Gasteiger partial charge in [0.05, 0.1) is 18.6 Å². The van der Waals surface area contributed by atoms with E-state index < -0.39 is 6.04 Å². The van der Waals surface area contributed by atoms with Crippen LogP contribution in [0, 0.1) is 0 Å². The van der Waals surface area contributed by atoms with Crippen LogP contribution in [0.25, 0.3) is 5.69 Å². The van der Waals surface area contributed by atoms with Gasteiger partial charge in [-0.05, 0) is 48.0 Å². The van der Waals surface area contributed by atoms with Crippen LogP contribution >= 0.6 is 11.8 Å². The molecule has 0 spiro atoms. The van der Waals surface area contributed by atoms with Gasteiger partial charge in [-0.3, -0.25) is 9.59 Å². The average molecular weight is 378 g/mol. The first-order valence-electron chi connectivity index (χ1n) is 8.17. The zero-order valence-electron chi connectivity index (χ0n) is 14.9. The van der Waals surface area contributed by atoms with Gasteiger partial charge in [0, 0.05) is 6.54 Å². The van der Waals surface area contributed by atoms with Crippen LogP contribution in [0.4, 0.5) is 0 Å². The fourth-order valence-electron chi connectivity index (χ4n) is 2.03. The van der Waals surface area contributed by atoms with Crippen molar-refractivity contribution >= 4 is 23.6 Å². The van der Waals surface area contributed by atoms with Crippen molar-refractivity contribution in [3.63, 3.8) is 0 Å². The molecule has 9 nitrogen and oxygen atoms in total. The third kappa shape index (κ3) is 5.45. The van der Waals surface area contributed by atoms with Gasteiger partial charge in [-0.2, -0.15) is 4.68 Å². The summed E-state index contributed by atoms with van der Waals surface area (Å²) in [5.74, 6) is 0.361. The maximum absolute atomic E-state index is 12.1. The monoisotopic (exact) mass is 378 g/mol. The molecule has 0 bridgehead atoms. The number of benzene rings is 1. The number of methoxy groups -OCH3 is 1. The van der Waals surface area contributed by atoms with Crippen molar-refractivity contribution in [3.8, 4) is 11.4 Å². The number of nitrogens with zero attached hydrogens (tertiary/aromatic N) is 4. The van der Waals surface area contributed by atoms with Crippen molar-refractivity contribution in [1.29, 1.82) is 0 Å². The van der Waals surface area contributed by atoms with Gasteiger partial charge in [0.25, 0.3) is 0 Å². The molecule has 0 aliphatic rings. The number of rotatable bonds is 9. The fraction of sp³-hybridized carbons (Fsp3) is 0.438. The predicted molar refractivity (Wildman–Crippen MR) is 97.3 cm³/mol.